The lowest BCUT2D eigenvalue weighted by Crippen LogP contribution is -2.22. The molecule has 0 aliphatic carbocycles. The molecule has 1 atom stereocenters. The number of hydrogen-bond donors (Lipinski definition) is 1. The monoisotopic (exact) mass is 347 g/mol. The molecule has 0 spiro atoms. The number of carbonyl (C=O) groups excluding carboxylic acids is 1. The first-order valence-electron chi connectivity index (χ1n) is 6.98. The van der Waals surface area contributed by atoms with Crippen LogP contribution in [0, 0.1) is 6.92 Å². The van der Waals surface area contributed by atoms with E-state index < -0.39 is 0 Å². The second-order valence-corrected chi connectivity index (χ2v) is 6.74. The van der Waals surface area contributed by atoms with Crippen molar-refractivity contribution >= 4 is 46.2 Å². The average Bonchev–Trinajstić information content (AvgIpc) is 2.93. The first-order valence-corrected chi connectivity index (χ1v) is 8.24. The molecule has 0 unspecified atom stereocenters. The Morgan fingerprint density at radius 2 is 2.22 bits per heavy atom. The Labute approximate surface area is 142 Å². The average molecular weight is 348 g/mol. The quantitative estimate of drug-likeness (QED) is 0.712. The third-order valence-electron chi connectivity index (χ3n) is 3.25. The molecule has 0 aliphatic rings. The normalized spacial score (nSPS) is 12.3. The van der Waals surface area contributed by atoms with Crippen LogP contribution in [-0.2, 0) is 4.79 Å². The fourth-order valence-electron chi connectivity index (χ4n) is 1.97. The van der Waals surface area contributed by atoms with Gasteiger partial charge in [-0.15, -0.1) is 0 Å². The van der Waals surface area contributed by atoms with Gasteiger partial charge in [0.2, 0.25) is 5.91 Å². The molecular formula is C16H14ClN3O2S. The number of rotatable bonds is 4. The zero-order valence-electron chi connectivity index (χ0n) is 12.5. The summed E-state index contributed by atoms with van der Waals surface area (Å²) >= 11 is 7.21. The zero-order chi connectivity index (χ0) is 16.4. The largest absolute Gasteiger partial charge is 0.430 e. The van der Waals surface area contributed by atoms with Gasteiger partial charge in [-0.3, -0.25) is 4.79 Å². The van der Waals surface area contributed by atoms with Gasteiger partial charge in [0.1, 0.15) is 0 Å². The van der Waals surface area contributed by atoms with Crippen molar-refractivity contribution in [1.29, 1.82) is 0 Å². The molecule has 2 heterocycles. The van der Waals surface area contributed by atoms with Crippen LogP contribution in [0.15, 0.2) is 46.2 Å². The molecule has 1 N–H and O–H groups in total. The number of hydrogen-bond acceptors (Lipinski definition) is 5. The van der Waals surface area contributed by atoms with Gasteiger partial charge in [0.15, 0.2) is 11.2 Å². The molecule has 0 fully saturated rings. The molecule has 1 aromatic carbocycles. The van der Waals surface area contributed by atoms with Crippen molar-refractivity contribution in [2.75, 3.05) is 5.32 Å². The summed E-state index contributed by atoms with van der Waals surface area (Å²) in [5.41, 5.74) is 2.79. The van der Waals surface area contributed by atoms with Gasteiger partial charge in [-0.2, -0.15) is 4.98 Å². The Hall–Kier alpha value is -2.05. The lowest BCUT2D eigenvalue weighted by atomic mass is 10.2. The summed E-state index contributed by atoms with van der Waals surface area (Å²) in [6, 6.07) is 8.95. The lowest BCUT2D eigenvalue weighted by Gasteiger charge is -2.12. The molecule has 7 heteroatoms. The van der Waals surface area contributed by atoms with Crippen LogP contribution < -0.4 is 5.32 Å². The molecule has 0 bridgehead atoms. The Kier molecular flexibility index (Phi) is 4.54. The van der Waals surface area contributed by atoms with Crippen LogP contribution in [0.4, 0.5) is 5.69 Å². The van der Waals surface area contributed by atoms with Crippen molar-refractivity contribution in [1.82, 2.24) is 9.97 Å². The van der Waals surface area contributed by atoms with Crippen LogP contribution in [0.5, 0.6) is 0 Å². The molecular weight excluding hydrogens is 334 g/mol. The van der Waals surface area contributed by atoms with Crippen LogP contribution in [-0.4, -0.2) is 21.1 Å². The van der Waals surface area contributed by atoms with Crippen LogP contribution in [0.2, 0.25) is 5.02 Å². The van der Waals surface area contributed by atoms with Crippen molar-refractivity contribution < 1.29 is 9.21 Å². The third kappa shape index (κ3) is 3.65. The number of halogens is 1. The fourth-order valence-corrected chi connectivity index (χ4v) is 2.89. The molecule has 1 amide bonds. The number of carbonyl (C=O) groups is 1. The third-order valence-corrected chi connectivity index (χ3v) is 4.43. The number of pyridine rings is 1. The smallest absolute Gasteiger partial charge is 0.259 e. The highest BCUT2D eigenvalue weighted by Crippen LogP contribution is 2.27. The maximum Gasteiger partial charge on any atom is 0.259 e. The summed E-state index contributed by atoms with van der Waals surface area (Å²) in [7, 11) is 0. The minimum Gasteiger partial charge on any atom is -0.430 e. The number of fused-ring (bicyclic) bond motifs is 1. The maximum atomic E-state index is 12.3. The van der Waals surface area contributed by atoms with Crippen molar-refractivity contribution in [3.63, 3.8) is 0 Å². The first kappa shape index (κ1) is 15.8. The number of thioether (sulfide) groups is 1. The van der Waals surface area contributed by atoms with E-state index in [0.717, 1.165) is 5.56 Å². The van der Waals surface area contributed by atoms with E-state index in [1.54, 1.807) is 37.4 Å². The number of nitrogens with one attached hydrogen (secondary N) is 1. The zero-order valence-corrected chi connectivity index (χ0v) is 14.1. The number of benzene rings is 1. The van der Waals surface area contributed by atoms with E-state index in [0.29, 0.717) is 27.2 Å². The Balaban J connectivity index is 1.71. The standard InChI is InChI=1S/C16H14ClN3O2S/c1-9-5-6-11(17)8-12(9)19-15(21)10(2)23-16-20-14-13(22-16)4-3-7-18-14/h3-8,10H,1-2H3,(H,19,21)/t10-/m0/s1. The predicted molar refractivity (Wildman–Crippen MR) is 91.9 cm³/mol. The molecule has 2 aromatic heterocycles. The van der Waals surface area contributed by atoms with Crippen LogP contribution in [0.3, 0.4) is 0 Å². The van der Waals surface area contributed by atoms with Crippen molar-refractivity contribution in [3.05, 3.63) is 47.1 Å². The molecule has 0 radical (unpaired) electrons. The van der Waals surface area contributed by atoms with Crippen LogP contribution >= 0.6 is 23.4 Å². The minimum absolute atomic E-state index is 0.143. The summed E-state index contributed by atoms with van der Waals surface area (Å²) in [5.74, 6) is -0.143. The highest BCUT2D eigenvalue weighted by Gasteiger charge is 2.19. The Morgan fingerprint density at radius 3 is 3.00 bits per heavy atom. The topological polar surface area (TPSA) is 68.0 Å². The molecule has 3 aromatic rings. The number of aromatic nitrogens is 2. The molecule has 0 saturated carbocycles. The molecule has 5 nitrogen and oxygen atoms in total. The molecule has 23 heavy (non-hydrogen) atoms. The van der Waals surface area contributed by atoms with Crippen LogP contribution in [0.25, 0.3) is 11.2 Å². The van der Waals surface area contributed by atoms with Gasteiger partial charge in [-0.25, -0.2) is 4.98 Å². The minimum atomic E-state index is -0.374. The summed E-state index contributed by atoms with van der Waals surface area (Å²) in [4.78, 5) is 20.7. The summed E-state index contributed by atoms with van der Waals surface area (Å²) in [5, 5.41) is 3.50. The van der Waals surface area contributed by atoms with Gasteiger partial charge >= 0.3 is 0 Å². The van der Waals surface area contributed by atoms with Gasteiger partial charge in [0.25, 0.3) is 5.22 Å². The van der Waals surface area contributed by atoms with Crippen LogP contribution in [0.1, 0.15) is 12.5 Å². The van der Waals surface area contributed by atoms with E-state index >= 15 is 0 Å². The molecule has 118 valence electrons. The van der Waals surface area contributed by atoms with E-state index in [2.05, 4.69) is 15.3 Å². The first-order chi connectivity index (χ1) is 11.0. The van der Waals surface area contributed by atoms with Gasteiger partial charge in [-0.1, -0.05) is 29.4 Å². The number of anilines is 1. The highest BCUT2D eigenvalue weighted by atomic mass is 35.5. The van der Waals surface area contributed by atoms with Gasteiger partial charge in [-0.05, 0) is 43.7 Å². The van der Waals surface area contributed by atoms with E-state index in [4.69, 9.17) is 16.0 Å². The van der Waals surface area contributed by atoms with Crippen molar-refractivity contribution in [3.8, 4) is 0 Å². The maximum absolute atomic E-state index is 12.3. The molecule has 3 rings (SSSR count). The molecule has 0 aliphatic heterocycles. The van der Waals surface area contributed by atoms with Gasteiger partial charge < -0.3 is 9.73 Å². The second-order valence-electron chi connectivity index (χ2n) is 5.01. The van der Waals surface area contributed by atoms with Crippen molar-refractivity contribution in [2.24, 2.45) is 0 Å². The Bertz CT molecular complexity index is 832. The van der Waals surface area contributed by atoms with E-state index in [-0.39, 0.29) is 11.2 Å². The predicted octanol–water partition coefficient (Wildman–Crippen LogP) is 4.30. The summed E-state index contributed by atoms with van der Waals surface area (Å²) in [6.07, 6.45) is 1.65. The second kappa shape index (κ2) is 6.60. The molecule has 0 saturated heterocycles. The van der Waals surface area contributed by atoms with E-state index in [1.807, 2.05) is 13.0 Å². The fraction of sp³-hybridized carbons (Fsp3) is 0.188. The van der Waals surface area contributed by atoms with Gasteiger partial charge in [0, 0.05) is 16.9 Å². The number of oxazole rings is 1. The SMILES string of the molecule is Cc1ccc(Cl)cc1NC(=O)[C@H](C)Sc1nc2ncccc2o1. The number of aryl methyl sites for hydroxylation is 1. The summed E-state index contributed by atoms with van der Waals surface area (Å²) < 4.78 is 5.57. The highest BCUT2D eigenvalue weighted by molar-refractivity contribution is 8.00. The van der Waals surface area contributed by atoms with Crippen molar-refractivity contribution in [2.45, 2.75) is 24.3 Å². The van der Waals surface area contributed by atoms with Gasteiger partial charge in [0.05, 0.1) is 5.25 Å². The number of nitrogens with zero attached hydrogens (tertiary/aromatic N) is 2. The van der Waals surface area contributed by atoms with E-state index in [9.17, 15) is 4.79 Å². The summed E-state index contributed by atoms with van der Waals surface area (Å²) in [6.45, 7) is 3.71. The Morgan fingerprint density at radius 1 is 1.39 bits per heavy atom. The van der Waals surface area contributed by atoms with E-state index in [1.165, 1.54) is 11.8 Å². The lowest BCUT2D eigenvalue weighted by molar-refractivity contribution is -0.115. The number of amides is 1.